The largest absolute Gasteiger partial charge is 0.452 e. The fourth-order valence-electron chi connectivity index (χ4n) is 1.89. The van der Waals surface area contributed by atoms with Crippen LogP contribution in [0.25, 0.3) is 0 Å². The number of hydrogen-bond donors (Lipinski definition) is 2. The van der Waals surface area contributed by atoms with E-state index < -0.39 is 18.5 Å². The molecule has 0 radical (unpaired) electrons. The smallest absolute Gasteiger partial charge is 0.338 e. The summed E-state index contributed by atoms with van der Waals surface area (Å²) in [6.07, 6.45) is 0. The van der Waals surface area contributed by atoms with Gasteiger partial charge in [0, 0.05) is 12.6 Å². The van der Waals surface area contributed by atoms with Gasteiger partial charge in [-0.25, -0.2) is 4.79 Å². The molecule has 0 fully saturated rings. The molecule has 0 unspecified atom stereocenters. The van der Waals surface area contributed by atoms with Gasteiger partial charge in [-0.1, -0.05) is 29.8 Å². The van der Waals surface area contributed by atoms with Gasteiger partial charge in [0.15, 0.2) is 6.61 Å². The van der Waals surface area contributed by atoms with Crippen molar-refractivity contribution in [2.24, 2.45) is 0 Å². The fourth-order valence-corrected chi connectivity index (χ4v) is 2.07. The van der Waals surface area contributed by atoms with Crippen molar-refractivity contribution in [2.75, 3.05) is 17.2 Å². The lowest BCUT2D eigenvalue weighted by Crippen LogP contribution is -2.21. The summed E-state index contributed by atoms with van der Waals surface area (Å²) in [5.41, 5.74) is 1.14. The van der Waals surface area contributed by atoms with E-state index in [4.69, 9.17) is 16.3 Å². The van der Waals surface area contributed by atoms with Gasteiger partial charge in [-0.15, -0.1) is 0 Å². The lowest BCUT2D eigenvalue weighted by Gasteiger charge is -2.08. The summed E-state index contributed by atoms with van der Waals surface area (Å²) in [6.45, 7) is 0.915. The van der Waals surface area contributed by atoms with Crippen LogP contribution >= 0.6 is 11.6 Å². The standard InChI is InChI=1S/C17H15ClN2O4/c1-11(21)19-13-6-4-5-12(9-13)17(23)24-10-16(22)20-15-8-3-2-7-14(15)18/h2-9H,10H2,1H3,(H,19,21)(H,20,22). The molecule has 24 heavy (non-hydrogen) atoms. The Balaban J connectivity index is 1.92. The number of ether oxygens (including phenoxy) is 1. The molecule has 0 aliphatic rings. The molecule has 2 rings (SSSR count). The molecule has 124 valence electrons. The van der Waals surface area contributed by atoms with Crippen molar-refractivity contribution in [2.45, 2.75) is 6.92 Å². The van der Waals surface area contributed by atoms with Crippen LogP contribution in [-0.2, 0) is 14.3 Å². The molecule has 0 atom stereocenters. The van der Waals surface area contributed by atoms with E-state index in [1.165, 1.54) is 19.1 Å². The predicted molar refractivity (Wildman–Crippen MR) is 91.1 cm³/mol. The Bertz CT molecular complexity index is 777. The van der Waals surface area contributed by atoms with Crippen LogP contribution in [0.3, 0.4) is 0 Å². The monoisotopic (exact) mass is 346 g/mol. The highest BCUT2D eigenvalue weighted by molar-refractivity contribution is 6.33. The van der Waals surface area contributed by atoms with E-state index in [2.05, 4.69) is 10.6 Å². The number of carbonyl (C=O) groups is 3. The van der Waals surface area contributed by atoms with E-state index in [1.54, 1.807) is 36.4 Å². The molecule has 0 bridgehead atoms. The van der Waals surface area contributed by atoms with E-state index in [9.17, 15) is 14.4 Å². The normalized spacial score (nSPS) is 9.92. The minimum atomic E-state index is -0.670. The molecule has 0 saturated carbocycles. The van der Waals surface area contributed by atoms with Crippen LogP contribution in [-0.4, -0.2) is 24.4 Å². The molecule has 2 aromatic rings. The number of anilines is 2. The molecule has 0 aliphatic carbocycles. The molecule has 2 aromatic carbocycles. The molecule has 6 nitrogen and oxygen atoms in total. The highest BCUT2D eigenvalue weighted by atomic mass is 35.5. The summed E-state index contributed by atoms with van der Waals surface area (Å²) in [7, 11) is 0. The molecule has 0 aromatic heterocycles. The Labute approximate surface area is 143 Å². The van der Waals surface area contributed by atoms with Gasteiger partial charge < -0.3 is 15.4 Å². The molecule has 2 N–H and O–H groups in total. The molecule has 0 saturated heterocycles. The van der Waals surface area contributed by atoms with Crippen molar-refractivity contribution in [1.82, 2.24) is 0 Å². The van der Waals surface area contributed by atoms with Gasteiger partial charge in [-0.05, 0) is 30.3 Å². The van der Waals surface area contributed by atoms with Crippen LogP contribution in [0.4, 0.5) is 11.4 Å². The third kappa shape index (κ3) is 5.10. The number of amides is 2. The number of esters is 1. The van der Waals surface area contributed by atoms with Gasteiger partial charge in [0.25, 0.3) is 5.91 Å². The first-order valence-corrected chi connectivity index (χ1v) is 7.42. The van der Waals surface area contributed by atoms with Crippen molar-refractivity contribution in [3.63, 3.8) is 0 Å². The number of nitrogens with one attached hydrogen (secondary N) is 2. The first kappa shape index (κ1) is 17.5. The highest BCUT2D eigenvalue weighted by Crippen LogP contribution is 2.20. The van der Waals surface area contributed by atoms with Crippen LogP contribution in [0.1, 0.15) is 17.3 Å². The SMILES string of the molecule is CC(=O)Nc1cccc(C(=O)OCC(=O)Nc2ccccc2Cl)c1. The van der Waals surface area contributed by atoms with Gasteiger partial charge in [0.2, 0.25) is 5.91 Å². The van der Waals surface area contributed by atoms with Crippen LogP contribution < -0.4 is 10.6 Å². The molecule has 7 heteroatoms. The zero-order valence-corrected chi connectivity index (χ0v) is 13.6. The number of halogens is 1. The Kier molecular flexibility index (Phi) is 5.92. The third-order valence-corrected chi connectivity index (χ3v) is 3.23. The summed E-state index contributed by atoms with van der Waals surface area (Å²) < 4.78 is 4.96. The summed E-state index contributed by atoms with van der Waals surface area (Å²) in [6, 6.07) is 13.0. The molecular formula is C17H15ClN2O4. The van der Waals surface area contributed by atoms with Crippen molar-refractivity contribution < 1.29 is 19.1 Å². The quantitative estimate of drug-likeness (QED) is 0.815. The highest BCUT2D eigenvalue weighted by Gasteiger charge is 2.12. The first-order valence-electron chi connectivity index (χ1n) is 7.05. The van der Waals surface area contributed by atoms with Gasteiger partial charge in [0.05, 0.1) is 16.3 Å². The van der Waals surface area contributed by atoms with Crippen molar-refractivity contribution in [1.29, 1.82) is 0 Å². The first-order chi connectivity index (χ1) is 11.5. The van der Waals surface area contributed by atoms with Crippen LogP contribution in [0.15, 0.2) is 48.5 Å². The summed E-state index contributed by atoms with van der Waals surface area (Å²) in [5, 5.41) is 5.50. The van der Waals surface area contributed by atoms with Crippen LogP contribution in [0, 0.1) is 0 Å². The average Bonchev–Trinajstić information content (AvgIpc) is 2.54. The lowest BCUT2D eigenvalue weighted by atomic mass is 10.2. The Morgan fingerprint density at radius 3 is 2.50 bits per heavy atom. The van der Waals surface area contributed by atoms with E-state index in [0.29, 0.717) is 16.4 Å². The number of carbonyl (C=O) groups excluding carboxylic acids is 3. The van der Waals surface area contributed by atoms with Crippen molar-refractivity contribution in [3.05, 3.63) is 59.1 Å². The Morgan fingerprint density at radius 1 is 1.04 bits per heavy atom. The van der Waals surface area contributed by atoms with E-state index in [-0.39, 0.29) is 11.5 Å². The minimum Gasteiger partial charge on any atom is -0.452 e. The van der Waals surface area contributed by atoms with E-state index in [0.717, 1.165) is 0 Å². The third-order valence-electron chi connectivity index (χ3n) is 2.90. The second-order valence-corrected chi connectivity index (χ2v) is 5.27. The maximum Gasteiger partial charge on any atom is 0.338 e. The van der Waals surface area contributed by atoms with Crippen molar-refractivity contribution in [3.8, 4) is 0 Å². The van der Waals surface area contributed by atoms with Gasteiger partial charge >= 0.3 is 5.97 Å². The fraction of sp³-hybridized carbons (Fsp3) is 0.118. The molecule has 2 amide bonds. The summed E-state index contributed by atoms with van der Waals surface area (Å²) >= 11 is 5.93. The zero-order valence-electron chi connectivity index (χ0n) is 12.8. The average molecular weight is 347 g/mol. The molecule has 0 heterocycles. The number of rotatable bonds is 5. The van der Waals surface area contributed by atoms with Crippen LogP contribution in [0.5, 0.6) is 0 Å². The number of para-hydroxylation sites is 1. The molecular weight excluding hydrogens is 332 g/mol. The van der Waals surface area contributed by atoms with Gasteiger partial charge in [-0.3, -0.25) is 9.59 Å². The van der Waals surface area contributed by atoms with E-state index >= 15 is 0 Å². The number of hydrogen-bond acceptors (Lipinski definition) is 4. The van der Waals surface area contributed by atoms with Gasteiger partial charge in [-0.2, -0.15) is 0 Å². The summed E-state index contributed by atoms with van der Waals surface area (Å²) in [5.74, 6) is -1.43. The van der Waals surface area contributed by atoms with Crippen LogP contribution in [0.2, 0.25) is 5.02 Å². The molecule has 0 spiro atoms. The minimum absolute atomic E-state index is 0.229. The van der Waals surface area contributed by atoms with Crippen molar-refractivity contribution >= 4 is 40.8 Å². The second kappa shape index (κ2) is 8.12. The maximum atomic E-state index is 12.0. The Morgan fingerprint density at radius 2 is 1.79 bits per heavy atom. The lowest BCUT2D eigenvalue weighted by molar-refractivity contribution is -0.119. The molecule has 0 aliphatic heterocycles. The topological polar surface area (TPSA) is 84.5 Å². The maximum absolute atomic E-state index is 12.0. The Hall–Kier alpha value is -2.86. The zero-order chi connectivity index (χ0) is 17.5. The van der Waals surface area contributed by atoms with E-state index in [1.807, 2.05) is 0 Å². The second-order valence-electron chi connectivity index (χ2n) is 4.87. The predicted octanol–water partition coefficient (Wildman–Crippen LogP) is 3.09. The summed E-state index contributed by atoms with van der Waals surface area (Å²) in [4.78, 5) is 34.8. The van der Waals surface area contributed by atoms with Gasteiger partial charge in [0.1, 0.15) is 0 Å². The number of benzene rings is 2.